The van der Waals surface area contributed by atoms with Crippen molar-refractivity contribution in [3.8, 4) is 0 Å². The van der Waals surface area contributed by atoms with Crippen LogP contribution in [0.2, 0.25) is 5.02 Å². The summed E-state index contributed by atoms with van der Waals surface area (Å²) in [6, 6.07) is 6.77. The second kappa shape index (κ2) is 6.72. The Balaban J connectivity index is 1.79. The molecular formula is C14H17ClN2O3. The smallest absolute Gasteiger partial charge is 0.306 e. The molecular weight excluding hydrogens is 280 g/mol. The van der Waals surface area contributed by atoms with Crippen LogP contribution in [0, 0.1) is 5.92 Å². The normalized spacial score (nSPS) is 16.9. The second-order valence-electron chi connectivity index (χ2n) is 4.90. The largest absolute Gasteiger partial charge is 0.481 e. The maximum absolute atomic E-state index is 11.9. The zero-order valence-electron chi connectivity index (χ0n) is 11.0. The highest BCUT2D eigenvalue weighted by atomic mass is 35.5. The fourth-order valence-corrected chi connectivity index (χ4v) is 2.44. The predicted molar refractivity (Wildman–Crippen MR) is 75.7 cm³/mol. The number of halogens is 1. The summed E-state index contributed by atoms with van der Waals surface area (Å²) in [6.45, 7) is 1.80. The number of carboxylic acids is 1. The van der Waals surface area contributed by atoms with Crippen LogP contribution < -0.4 is 5.32 Å². The van der Waals surface area contributed by atoms with Crippen molar-refractivity contribution in [1.82, 2.24) is 10.2 Å². The molecule has 20 heavy (non-hydrogen) atoms. The van der Waals surface area contributed by atoms with Gasteiger partial charge < -0.3 is 10.4 Å². The molecule has 0 saturated carbocycles. The lowest BCUT2D eigenvalue weighted by atomic mass is 9.97. The second-order valence-corrected chi connectivity index (χ2v) is 5.34. The van der Waals surface area contributed by atoms with E-state index in [9.17, 15) is 9.59 Å². The average molecular weight is 297 g/mol. The van der Waals surface area contributed by atoms with Crippen molar-refractivity contribution in [2.75, 3.05) is 19.8 Å². The van der Waals surface area contributed by atoms with E-state index in [1.165, 1.54) is 0 Å². The Morgan fingerprint density at radius 2 is 2.05 bits per heavy atom. The molecule has 108 valence electrons. The number of amides is 1. The minimum atomic E-state index is -0.729. The molecule has 1 aromatic rings. The molecule has 6 heteroatoms. The van der Waals surface area contributed by atoms with Crippen molar-refractivity contribution in [1.29, 1.82) is 0 Å². The van der Waals surface area contributed by atoms with Crippen molar-refractivity contribution in [2.24, 2.45) is 5.92 Å². The Labute approximate surface area is 122 Å². The van der Waals surface area contributed by atoms with E-state index in [0.717, 1.165) is 0 Å². The first-order valence-corrected chi connectivity index (χ1v) is 6.93. The lowest BCUT2D eigenvalue weighted by Crippen LogP contribution is -2.43. The summed E-state index contributed by atoms with van der Waals surface area (Å²) >= 11 is 5.84. The molecule has 0 atom stereocenters. The summed E-state index contributed by atoms with van der Waals surface area (Å²) in [5.74, 6) is -1.16. The van der Waals surface area contributed by atoms with E-state index in [4.69, 9.17) is 16.7 Å². The number of carboxylic acid groups (broad SMARTS) is 1. The molecule has 1 aromatic carbocycles. The number of nitrogens with one attached hydrogen (secondary N) is 1. The van der Waals surface area contributed by atoms with Crippen LogP contribution in [0.5, 0.6) is 0 Å². The maximum Gasteiger partial charge on any atom is 0.306 e. The molecule has 1 aliphatic heterocycles. The van der Waals surface area contributed by atoms with Crippen LogP contribution in [0.3, 0.4) is 0 Å². The Morgan fingerprint density at radius 3 is 2.65 bits per heavy atom. The minimum absolute atomic E-state index is 0.173. The van der Waals surface area contributed by atoms with Crippen LogP contribution in [0.25, 0.3) is 0 Å². The summed E-state index contributed by atoms with van der Waals surface area (Å²) in [5, 5.41) is 12.3. The summed E-state index contributed by atoms with van der Waals surface area (Å²) in [4.78, 5) is 24.8. The van der Waals surface area contributed by atoms with Crippen molar-refractivity contribution in [3.05, 3.63) is 34.9 Å². The summed E-state index contributed by atoms with van der Waals surface area (Å²) in [6.07, 6.45) is 1.25. The Morgan fingerprint density at radius 1 is 1.35 bits per heavy atom. The molecule has 0 unspecified atom stereocenters. The number of piperidine rings is 1. The molecule has 1 amide bonds. The molecule has 1 fully saturated rings. The van der Waals surface area contributed by atoms with Crippen LogP contribution in [-0.4, -0.2) is 41.6 Å². The Bertz CT molecular complexity index is 499. The van der Waals surface area contributed by atoms with Gasteiger partial charge in [0.25, 0.3) is 5.91 Å². The minimum Gasteiger partial charge on any atom is -0.481 e. The maximum atomic E-state index is 11.9. The summed E-state index contributed by atoms with van der Waals surface area (Å²) < 4.78 is 0. The van der Waals surface area contributed by atoms with Crippen molar-refractivity contribution in [2.45, 2.75) is 12.8 Å². The highest BCUT2D eigenvalue weighted by molar-refractivity contribution is 6.30. The van der Waals surface area contributed by atoms with E-state index in [1.54, 1.807) is 24.3 Å². The number of benzene rings is 1. The third kappa shape index (κ3) is 3.95. The van der Waals surface area contributed by atoms with Gasteiger partial charge in [0.2, 0.25) is 0 Å². The number of likely N-dealkylation sites (tertiary alicyclic amines) is 1. The predicted octanol–water partition coefficient (Wildman–Crippen LogP) is 1.82. The van der Waals surface area contributed by atoms with Gasteiger partial charge >= 0.3 is 5.97 Å². The summed E-state index contributed by atoms with van der Waals surface area (Å²) in [5.41, 5.74) is 0.526. The number of nitrogens with zero attached hydrogens (tertiary/aromatic N) is 1. The highest BCUT2D eigenvalue weighted by Gasteiger charge is 2.24. The first-order valence-electron chi connectivity index (χ1n) is 6.55. The average Bonchev–Trinajstić information content (AvgIpc) is 2.45. The summed E-state index contributed by atoms with van der Waals surface area (Å²) in [7, 11) is 0. The molecule has 2 N–H and O–H groups in total. The zero-order chi connectivity index (χ0) is 14.5. The van der Waals surface area contributed by atoms with Gasteiger partial charge in [-0.1, -0.05) is 17.7 Å². The first-order chi connectivity index (χ1) is 9.56. The Hall–Kier alpha value is -1.59. The molecule has 0 bridgehead atoms. The van der Waals surface area contributed by atoms with Crippen molar-refractivity contribution >= 4 is 23.5 Å². The van der Waals surface area contributed by atoms with Gasteiger partial charge in [-0.15, -0.1) is 0 Å². The molecule has 0 spiro atoms. The number of carbonyl (C=O) groups excluding carboxylic acids is 1. The number of hydrogen-bond acceptors (Lipinski definition) is 3. The molecule has 0 aromatic heterocycles. The third-order valence-electron chi connectivity index (χ3n) is 3.49. The molecule has 0 radical (unpaired) electrons. The lowest BCUT2D eigenvalue weighted by molar-refractivity contribution is -0.143. The number of carbonyl (C=O) groups is 2. The molecule has 1 saturated heterocycles. The van der Waals surface area contributed by atoms with Crippen molar-refractivity contribution in [3.63, 3.8) is 0 Å². The highest BCUT2D eigenvalue weighted by Crippen LogP contribution is 2.16. The number of aliphatic carboxylic acids is 1. The topological polar surface area (TPSA) is 69.6 Å². The van der Waals surface area contributed by atoms with Crippen molar-refractivity contribution < 1.29 is 14.7 Å². The standard InChI is InChI=1S/C14H17ClN2O3/c15-12-3-1-2-11(8-12)13(18)16-9-17-6-4-10(5-7-17)14(19)20/h1-3,8,10H,4-7,9H2,(H,16,18)(H,19,20). The Kier molecular flexibility index (Phi) is 4.98. The number of rotatable bonds is 4. The van der Waals surface area contributed by atoms with Crippen LogP contribution in [0.15, 0.2) is 24.3 Å². The van der Waals surface area contributed by atoms with Crippen LogP contribution in [0.4, 0.5) is 0 Å². The molecule has 5 nitrogen and oxygen atoms in total. The fourth-order valence-electron chi connectivity index (χ4n) is 2.25. The van der Waals surface area contributed by atoms with E-state index in [2.05, 4.69) is 5.32 Å². The third-order valence-corrected chi connectivity index (χ3v) is 3.72. The van der Waals surface area contributed by atoms with Gasteiger partial charge in [-0.25, -0.2) is 0 Å². The monoisotopic (exact) mass is 296 g/mol. The molecule has 2 rings (SSSR count). The van der Waals surface area contributed by atoms with E-state index in [-0.39, 0.29) is 11.8 Å². The lowest BCUT2D eigenvalue weighted by Gasteiger charge is -2.29. The van der Waals surface area contributed by atoms with Gasteiger partial charge in [0, 0.05) is 23.7 Å². The van der Waals surface area contributed by atoms with Gasteiger partial charge in [-0.3, -0.25) is 14.5 Å². The van der Waals surface area contributed by atoms with Gasteiger partial charge in [0.1, 0.15) is 0 Å². The molecule has 0 aliphatic carbocycles. The number of hydrogen-bond donors (Lipinski definition) is 2. The van der Waals surface area contributed by atoms with E-state index in [0.29, 0.717) is 43.2 Å². The van der Waals surface area contributed by atoms with Crippen LogP contribution in [-0.2, 0) is 4.79 Å². The van der Waals surface area contributed by atoms with Gasteiger partial charge in [-0.2, -0.15) is 0 Å². The van der Waals surface area contributed by atoms with Gasteiger partial charge in [-0.05, 0) is 31.0 Å². The van der Waals surface area contributed by atoms with Gasteiger partial charge in [0.05, 0.1) is 12.6 Å². The first kappa shape index (κ1) is 14.8. The van der Waals surface area contributed by atoms with E-state index in [1.807, 2.05) is 4.90 Å². The van der Waals surface area contributed by atoms with Crippen LogP contribution >= 0.6 is 11.6 Å². The molecule has 1 heterocycles. The fraction of sp³-hybridized carbons (Fsp3) is 0.429. The van der Waals surface area contributed by atoms with E-state index >= 15 is 0 Å². The van der Waals surface area contributed by atoms with E-state index < -0.39 is 5.97 Å². The van der Waals surface area contributed by atoms with Crippen LogP contribution in [0.1, 0.15) is 23.2 Å². The zero-order valence-corrected chi connectivity index (χ0v) is 11.8. The molecule has 1 aliphatic rings. The quantitative estimate of drug-likeness (QED) is 0.889. The SMILES string of the molecule is O=C(NCN1CCC(C(=O)O)CC1)c1cccc(Cl)c1. The van der Waals surface area contributed by atoms with Gasteiger partial charge in [0.15, 0.2) is 0 Å².